The first-order valence-electron chi connectivity index (χ1n) is 5.84. The van der Waals surface area contributed by atoms with Gasteiger partial charge in [-0.15, -0.1) is 0 Å². The highest BCUT2D eigenvalue weighted by molar-refractivity contribution is 7.08. The van der Waals surface area contributed by atoms with Gasteiger partial charge in [-0.2, -0.15) is 11.3 Å². The minimum Gasteiger partial charge on any atom is -0.399 e. The molecule has 18 heavy (non-hydrogen) atoms. The third-order valence-corrected chi connectivity index (χ3v) is 4.19. The van der Waals surface area contributed by atoms with Gasteiger partial charge in [0.15, 0.2) is 0 Å². The molecule has 0 bridgehead atoms. The molecule has 3 nitrogen and oxygen atoms in total. The number of fused-ring (bicyclic) bond motifs is 1. The zero-order valence-electron chi connectivity index (χ0n) is 10.1. The number of thiophene rings is 1. The Balaban J connectivity index is 1.86. The van der Waals surface area contributed by atoms with Crippen molar-refractivity contribution < 1.29 is 4.79 Å². The predicted molar refractivity (Wildman–Crippen MR) is 73.5 cm³/mol. The molecule has 2 aromatic rings. The van der Waals surface area contributed by atoms with Crippen molar-refractivity contribution in [2.24, 2.45) is 0 Å². The molecule has 0 fully saturated rings. The summed E-state index contributed by atoms with van der Waals surface area (Å²) in [6.45, 7) is 3.32. The van der Waals surface area contributed by atoms with E-state index in [2.05, 4.69) is 0 Å². The Morgan fingerprint density at radius 2 is 2.06 bits per heavy atom. The quantitative estimate of drug-likeness (QED) is 0.799. The van der Waals surface area contributed by atoms with Crippen molar-refractivity contribution in [2.75, 3.05) is 5.73 Å². The number of carbonyl (C=O) groups is 1. The zero-order chi connectivity index (χ0) is 12.7. The normalized spacial score (nSPS) is 13.7. The highest BCUT2D eigenvalue weighted by atomic mass is 32.1. The summed E-state index contributed by atoms with van der Waals surface area (Å²) in [5.41, 5.74) is 10.8. The fraction of sp³-hybridized carbons (Fsp3) is 0.214. The molecular weight excluding hydrogens is 244 g/mol. The van der Waals surface area contributed by atoms with E-state index in [4.69, 9.17) is 5.73 Å². The van der Waals surface area contributed by atoms with Crippen molar-refractivity contribution in [2.45, 2.75) is 20.0 Å². The smallest absolute Gasteiger partial charge is 0.255 e. The van der Waals surface area contributed by atoms with E-state index in [1.807, 2.05) is 40.8 Å². The lowest BCUT2D eigenvalue weighted by molar-refractivity contribution is 0.0751. The molecule has 0 aliphatic carbocycles. The van der Waals surface area contributed by atoms with Gasteiger partial charge in [0.05, 0.1) is 5.56 Å². The second kappa shape index (κ2) is 4.14. The van der Waals surface area contributed by atoms with E-state index in [0.717, 1.165) is 22.4 Å². The van der Waals surface area contributed by atoms with E-state index in [1.54, 1.807) is 11.3 Å². The van der Waals surface area contributed by atoms with Crippen LogP contribution in [0.5, 0.6) is 0 Å². The van der Waals surface area contributed by atoms with Gasteiger partial charge in [-0.1, -0.05) is 6.07 Å². The first-order valence-corrected chi connectivity index (χ1v) is 6.79. The molecule has 1 aromatic heterocycles. The molecule has 2 N–H and O–H groups in total. The molecule has 0 spiro atoms. The number of benzene rings is 1. The van der Waals surface area contributed by atoms with E-state index in [0.29, 0.717) is 13.1 Å². The standard InChI is InChI=1S/C14H14N2OS/c1-9-7-18-8-13(9)14(17)16-5-10-2-3-12(15)4-11(10)6-16/h2-4,7-8H,5-6,15H2,1H3. The first-order chi connectivity index (χ1) is 8.65. The van der Waals surface area contributed by atoms with Crippen molar-refractivity contribution in [3.63, 3.8) is 0 Å². The van der Waals surface area contributed by atoms with E-state index >= 15 is 0 Å². The number of carbonyl (C=O) groups excluding carboxylic acids is 1. The molecule has 0 saturated carbocycles. The Kier molecular flexibility index (Phi) is 2.59. The van der Waals surface area contributed by atoms with Crippen molar-refractivity contribution >= 4 is 22.9 Å². The molecule has 2 heterocycles. The maximum atomic E-state index is 12.4. The van der Waals surface area contributed by atoms with E-state index in [9.17, 15) is 4.79 Å². The van der Waals surface area contributed by atoms with Gasteiger partial charge in [0.2, 0.25) is 0 Å². The third-order valence-electron chi connectivity index (χ3n) is 3.33. The van der Waals surface area contributed by atoms with Crippen molar-refractivity contribution in [3.8, 4) is 0 Å². The predicted octanol–water partition coefficient (Wildman–Crippen LogP) is 2.79. The highest BCUT2D eigenvalue weighted by Crippen LogP contribution is 2.27. The molecule has 92 valence electrons. The Morgan fingerprint density at radius 3 is 2.78 bits per heavy atom. The van der Waals surface area contributed by atoms with Gasteiger partial charge in [0, 0.05) is 24.2 Å². The minimum atomic E-state index is 0.114. The number of aryl methyl sites for hydroxylation is 1. The Hall–Kier alpha value is -1.81. The lowest BCUT2D eigenvalue weighted by Crippen LogP contribution is -2.25. The molecule has 1 aromatic carbocycles. The zero-order valence-corrected chi connectivity index (χ0v) is 11.0. The molecule has 4 heteroatoms. The average Bonchev–Trinajstić information content (AvgIpc) is 2.93. The van der Waals surface area contributed by atoms with E-state index < -0.39 is 0 Å². The first kappa shape index (κ1) is 11.3. The van der Waals surface area contributed by atoms with E-state index in [1.165, 1.54) is 5.56 Å². The molecule has 1 amide bonds. The number of nitrogens with two attached hydrogens (primary N) is 1. The van der Waals surface area contributed by atoms with Crippen LogP contribution in [0.3, 0.4) is 0 Å². The number of nitrogens with zero attached hydrogens (tertiary/aromatic N) is 1. The fourth-order valence-electron chi connectivity index (χ4n) is 2.31. The van der Waals surface area contributed by atoms with Gasteiger partial charge in [-0.3, -0.25) is 4.79 Å². The molecular formula is C14H14N2OS. The van der Waals surface area contributed by atoms with Gasteiger partial charge in [0.25, 0.3) is 5.91 Å². The van der Waals surface area contributed by atoms with Crippen molar-refractivity contribution in [1.29, 1.82) is 0 Å². The highest BCUT2D eigenvalue weighted by Gasteiger charge is 2.25. The average molecular weight is 258 g/mol. The van der Waals surface area contributed by atoms with Crippen molar-refractivity contribution in [3.05, 3.63) is 51.2 Å². The topological polar surface area (TPSA) is 46.3 Å². The number of hydrogen-bond acceptors (Lipinski definition) is 3. The van der Waals surface area contributed by atoms with Crippen LogP contribution in [0, 0.1) is 6.92 Å². The van der Waals surface area contributed by atoms with Crippen LogP contribution < -0.4 is 5.73 Å². The fourth-order valence-corrected chi connectivity index (χ4v) is 3.13. The van der Waals surface area contributed by atoms with Crippen LogP contribution in [-0.2, 0) is 13.1 Å². The summed E-state index contributed by atoms with van der Waals surface area (Å²) in [5.74, 6) is 0.114. The number of nitrogen functional groups attached to an aromatic ring is 1. The molecule has 0 unspecified atom stereocenters. The summed E-state index contributed by atoms with van der Waals surface area (Å²) in [7, 11) is 0. The maximum Gasteiger partial charge on any atom is 0.255 e. The van der Waals surface area contributed by atoms with Crippen molar-refractivity contribution in [1.82, 2.24) is 4.90 Å². The van der Waals surface area contributed by atoms with Crippen LogP contribution in [0.25, 0.3) is 0 Å². The molecule has 1 aliphatic heterocycles. The van der Waals surface area contributed by atoms with Gasteiger partial charge in [0.1, 0.15) is 0 Å². The monoisotopic (exact) mass is 258 g/mol. The van der Waals surface area contributed by atoms with Crippen LogP contribution >= 0.6 is 11.3 Å². The summed E-state index contributed by atoms with van der Waals surface area (Å²) >= 11 is 1.57. The summed E-state index contributed by atoms with van der Waals surface area (Å²) in [6.07, 6.45) is 0. The Bertz CT molecular complexity index is 618. The summed E-state index contributed by atoms with van der Waals surface area (Å²) < 4.78 is 0. The van der Waals surface area contributed by atoms with Crippen LogP contribution in [0.2, 0.25) is 0 Å². The van der Waals surface area contributed by atoms with Crippen LogP contribution in [0.4, 0.5) is 5.69 Å². The minimum absolute atomic E-state index is 0.114. The molecule has 3 rings (SSSR count). The van der Waals surface area contributed by atoms with Gasteiger partial charge >= 0.3 is 0 Å². The van der Waals surface area contributed by atoms with Gasteiger partial charge < -0.3 is 10.6 Å². The second-order valence-corrected chi connectivity index (χ2v) is 5.40. The molecule has 0 radical (unpaired) electrons. The van der Waals surface area contributed by atoms with Crippen LogP contribution in [0.1, 0.15) is 27.0 Å². The number of anilines is 1. The van der Waals surface area contributed by atoms with Gasteiger partial charge in [-0.25, -0.2) is 0 Å². The molecule has 1 aliphatic rings. The maximum absolute atomic E-state index is 12.4. The lowest BCUT2D eigenvalue weighted by atomic mass is 10.1. The molecule has 0 atom stereocenters. The Labute approximate surface area is 110 Å². The lowest BCUT2D eigenvalue weighted by Gasteiger charge is -2.15. The van der Waals surface area contributed by atoms with E-state index in [-0.39, 0.29) is 5.91 Å². The van der Waals surface area contributed by atoms with Crippen LogP contribution in [0.15, 0.2) is 29.0 Å². The SMILES string of the molecule is Cc1cscc1C(=O)N1Cc2ccc(N)cc2C1. The largest absolute Gasteiger partial charge is 0.399 e. The Morgan fingerprint density at radius 1 is 1.28 bits per heavy atom. The number of rotatable bonds is 1. The summed E-state index contributed by atoms with van der Waals surface area (Å²) in [5, 5.41) is 3.93. The number of hydrogen-bond donors (Lipinski definition) is 1. The van der Waals surface area contributed by atoms with Gasteiger partial charge in [-0.05, 0) is 41.1 Å². The molecule has 0 saturated heterocycles. The van der Waals surface area contributed by atoms with Crippen LogP contribution in [-0.4, -0.2) is 10.8 Å². The third kappa shape index (κ3) is 1.78. The number of amides is 1. The summed E-state index contributed by atoms with van der Waals surface area (Å²) in [4.78, 5) is 14.3. The summed E-state index contributed by atoms with van der Waals surface area (Å²) in [6, 6.07) is 5.87. The second-order valence-electron chi connectivity index (χ2n) is 4.66.